The van der Waals surface area contributed by atoms with Crippen molar-refractivity contribution in [1.82, 2.24) is 4.90 Å². The Bertz CT molecular complexity index is 485. The molecule has 3 rings (SSSR count). The fraction of sp³-hybridized carbons (Fsp3) is 0.647. The van der Waals surface area contributed by atoms with Gasteiger partial charge in [0.15, 0.2) is 0 Å². The van der Waals surface area contributed by atoms with Gasteiger partial charge in [-0.15, -0.1) is 0 Å². The fourth-order valence-electron chi connectivity index (χ4n) is 3.79. The fourth-order valence-corrected chi connectivity index (χ4v) is 4.44. The van der Waals surface area contributed by atoms with E-state index in [0.717, 1.165) is 13.1 Å². The maximum atomic E-state index is 5.85. The van der Waals surface area contributed by atoms with E-state index in [-0.39, 0.29) is 0 Å². The lowest BCUT2D eigenvalue weighted by Crippen LogP contribution is -2.29. The molecule has 2 saturated heterocycles. The molecule has 116 valence electrons. The zero-order valence-corrected chi connectivity index (χ0v) is 14.5. The molecule has 0 saturated carbocycles. The van der Waals surface area contributed by atoms with Crippen molar-refractivity contribution in [1.29, 1.82) is 0 Å². The van der Waals surface area contributed by atoms with Crippen LogP contribution in [0.3, 0.4) is 0 Å². The molecule has 2 aliphatic rings. The molecule has 1 aromatic carbocycles. The zero-order chi connectivity index (χ0) is 14.8. The molecule has 0 aromatic heterocycles. The second kappa shape index (κ2) is 6.67. The molecular formula is C17H26BrN3. The van der Waals surface area contributed by atoms with Crippen molar-refractivity contribution in [2.24, 2.45) is 11.7 Å². The molecule has 0 bridgehead atoms. The van der Waals surface area contributed by atoms with E-state index >= 15 is 0 Å². The van der Waals surface area contributed by atoms with Crippen LogP contribution in [0.1, 0.15) is 37.3 Å². The third-order valence-electron chi connectivity index (χ3n) is 5.02. The van der Waals surface area contributed by atoms with Crippen LogP contribution in [0.25, 0.3) is 0 Å². The van der Waals surface area contributed by atoms with Crippen LogP contribution in [0.15, 0.2) is 22.7 Å². The van der Waals surface area contributed by atoms with Gasteiger partial charge in [0.05, 0.1) is 5.69 Å². The van der Waals surface area contributed by atoms with E-state index in [1.165, 1.54) is 54.5 Å². The normalized spacial score (nSPS) is 27.3. The molecule has 4 heteroatoms. The third kappa shape index (κ3) is 3.27. The van der Waals surface area contributed by atoms with E-state index in [1.807, 2.05) is 0 Å². The molecule has 2 atom stereocenters. The SMILES string of the molecule is CN1CC(CN)CC1c1ccc(N2CCCCC2)c(Br)c1. The summed E-state index contributed by atoms with van der Waals surface area (Å²) in [6.07, 6.45) is 5.19. The minimum atomic E-state index is 0.519. The van der Waals surface area contributed by atoms with Gasteiger partial charge >= 0.3 is 0 Å². The second-order valence-corrected chi connectivity index (χ2v) is 7.41. The van der Waals surface area contributed by atoms with Crippen LogP contribution in [0.4, 0.5) is 5.69 Å². The maximum Gasteiger partial charge on any atom is 0.0510 e. The van der Waals surface area contributed by atoms with Crippen LogP contribution in [0.2, 0.25) is 0 Å². The van der Waals surface area contributed by atoms with E-state index in [4.69, 9.17) is 5.73 Å². The number of piperidine rings is 1. The average molecular weight is 352 g/mol. The standard InChI is InChI=1S/C17H26BrN3/c1-20-12-13(11-19)9-17(20)14-5-6-16(15(18)10-14)21-7-3-2-4-8-21/h5-6,10,13,17H,2-4,7-9,11-12,19H2,1H3. The Morgan fingerprint density at radius 1 is 1.24 bits per heavy atom. The van der Waals surface area contributed by atoms with E-state index in [9.17, 15) is 0 Å². The van der Waals surface area contributed by atoms with Gasteiger partial charge in [0.25, 0.3) is 0 Å². The van der Waals surface area contributed by atoms with Gasteiger partial charge < -0.3 is 10.6 Å². The predicted molar refractivity (Wildman–Crippen MR) is 92.7 cm³/mol. The first kappa shape index (κ1) is 15.3. The van der Waals surface area contributed by atoms with Gasteiger partial charge in [0, 0.05) is 30.1 Å². The van der Waals surface area contributed by atoms with Gasteiger partial charge in [-0.2, -0.15) is 0 Å². The molecule has 2 heterocycles. The van der Waals surface area contributed by atoms with Crippen LogP contribution in [-0.4, -0.2) is 38.1 Å². The van der Waals surface area contributed by atoms with Crippen LogP contribution in [0, 0.1) is 5.92 Å². The highest BCUT2D eigenvalue weighted by Crippen LogP contribution is 2.37. The number of halogens is 1. The summed E-state index contributed by atoms with van der Waals surface area (Å²) in [5.74, 6) is 0.639. The number of hydrogen-bond acceptors (Lipinski definition) is 3. The maximum absolute atomic E-state index is 5.85. The van der Waals surface area contributed by atoms with Crippen LogP contribution < -0.4 is 10.6 Å². The molecule has 1 aromatic rings. The van der Waals surface area contributed by atoms with Crippen molar-refractivity contribution in [2.45, 2.75) is 31.7 Å². The number of hydrogen-bond donors (Lipinski definition) is 1. The first-order valence-electron chi connectivity index (χ1n) is 8.13. The van der Waals surface area contributed by atoms with Crippen molar-refractivity contribution in [2.75, 3.05) is 38.1 Å². The smallest absolute Gasteiger partial charge is 0.0510 e. The number of rotatable bonds is 3. The van der Waals surface area contributed by atoms with Crippen molar-refractivity contribution in [3.05, 3.63) is 28.2 Å². The van der Waals surface area contributed by atoms with Crippen molar-refractivity contribution < 1.29 is 0 Å². The Hall–Kier alpha value is -0.580. The van der Waals surface area contributed by atoms with E-state index < -0.39 is 0 Å². The van der Waals surface area contributed by atoms with Crippen molar-refractivity contribution >= 4 is 21.6 Å². The monoisotopic (exact) mass is 351 g/mol. The molecule has 2 fully saturated rings. The van der Waals surface area contributed by atoms with E-state index in [0.29, 0.717) is 12.0 Å². The molecule has 0 spiro atoms. The molecule has 21 heavy (non-hydrogen) atoms. The summed E-state index contributed by atoms with van der Waals surface area (Å²) in [5, 5.41) is 0. The lowest BCUT2D eigenvalue weighted by atomic mass is 9.99. The Morgan fingerprint density at radius 3 is 2.62 bits per heavy atom. The summed E-state index contributed by atoms with van der Waals surface area (Å²) >= 11 is 3.80. The highest BCUT2D eigenvalue weighted by atomic mass is 79.9. The average Bonchev–Trinajstić information content (AvgIpc) is 2.89. The first-order valence-corrected chi connectivity index (χ1v) is 8.93. The van der Waals surface area contributed by atoms with Gasteiger partial charge in [-0.05, 0) is 78.8 Å². The van der Waals surface area contributed by atoms with E-state index in [1.54, 1.807) is 0 Å². The quantitative estimate of drug-likeness (QED) is 0.905. The molecule has 0 radical (unpaired) electrons. The summed E-state index contributed by atoms with van der Waals surface area (Å²) in [7, 11) is 2.22. The summed E-state index contributed by atoms with van der Waals surface area (Å²) in [5.41, 5.74) is 8.62. The summed E-state index contributed by atoms with van der Waals surface area (Å²) in [6.45, 7) is 4.30. The number of anilines is 1. The van der Waals surface area contributed by atoms with E-state index in [2.05, 4.69) is 51.0 Å². The first-order chi connectivity index (χ1) is 10.2. The van der Waals surface area contributed by atoms with Crippen molar-refractivity contribution in [3.8, 4) is 0 Å². The minimum Gasteiger partial charge on any atom is -0.371 e. The van der Waals surface area contributed by atoms with Crippen LogP contribution in [-0.2, 0) is 0 Å². The number of likely N-dealkylation sites (tertiary alicyclic amines) is 1. The zero-order valence-electron chi connectivity index (χ0n) is 12.9. The Morgan fingerprint density at radius 2 is 2.00 bits per heavy atom. The molecule has 0 amide bonds. The molecule has 2 aliphatic heterocycles. The minimum absolute atomic E-state index is 0.519. The summed E-state index contributed by atoms with van der Waals surface area (Å²) in [6, 6.07) is 7.46. The third-order valence-corrected chi connectivity index (χ3v) is 5.66. The molecule has 2 unspecified atom stereocenters. The van der Waals surface area contributed by atoms with Crippen molar-refractivity contribution in [3.63, 3.8) is 0 Å². The van der Waals surface area contributed by atoms with Gasteiger partial charge in [-0.3, -0.25) is 4.90 Å². The number of nitrogens with two attached hydrogens (primary N) is 1. The number of nitrogens with zero attached hydrogens (tertiary/aromatic N) is 2. The predicted octanol–water partition coefficient (Wildman–Crippen LogP) is 3.39. The Labute approximate surface area is 136 Å². The van der Waals surface area contributed by atoms with Crippen LogP contribution in [0.5, 0.6) is 0 Å². The van der Waals surface area contributed by atoms with Gasteiger partial charge in [0.1, 0.15) is 0 Å². The largest absolute Gasteiger partial charge is 0.371 e. The lowest BCUT2D eigenvalue weighted by Gasteiger charge is -2.30. The second-order valence-electron chi connectivity index (χ2n) is 6.55. The van der Waals surface area contributed by atoms with Crippen LogP contribution >= 0.6 is 15.9 Å². The van der Waals surface area contributed by atoms with Gasteiger partial charge in [0.2, 0.25) is 0 Å². The summed E-state index contributed by atoms with van der Waals surface area (Å²) in [4.78, 5) is 4.96. The van der Waals surface area contributed by atoms with Gasteiger partial charge in [-0.1, -0.05) is 6.07 Å². The number of benzene rings is 1. The molecule has 3 nitrogen and oxygen atoms in total. The Kier molecular flexibility index (Phi) is 4.87. The molecular weight excluding hydrogens is 326 g/mol. The van der Waals surface area contributed by atoms with Gasteiger partial charge in [-0.25, -0.2) is 0 Å². The highest BCUT2D eigenvalue weighted by Gasteiger charge is 2.30. The molecule has 2 N–H and O–H groups in total. The summed E-state index contributed by atoms with van der Waals surface area (Å²) < 4.78 is 1.24. The molecule has 0 aliphatic carbocycles. The highest BCUT2D eigenvalue weighted by molar-refractivity contribution is 9.10. The Balaban J connectivity index is 1.77. The lowest BCUT2D eigenvalue weighted by molar-refractivity contribution is 0.313. The topological polar surface area (TPSA) is 32.5 Å².